The highest BCUT2D eigenvalue weighted by atomic mass is 19.1. The van der Waals surface area contributed by atoms with Gasteiger partial charge in [0.1, 0.15) is 16.9 Å². The highest BCUT2D eigenvalue weighted by molar-refractivity contribution is 6.00. The maximum Gasteiger partial charge on any atom is 0.268 e. The van der Waals surface area contributed by atoms with E-state index >= 15 is 0 Å². The maximum atomic E-state index is 13.7. The maximum absolute atomic E-state index is 13.7. The van der Waals surface area contributed by atoms with Crippen molar-refractivity contribution in [2.45, 2.75) is 64.1 Å². The summed E-state index contributed by atoms with van der Waals surface area (Å²) in [5.74, 6) is 1.66. The first-order chi connectivity index (χ1) is 22.1. The van der Waals surface area contributed by atoms with Gasteiger partial charge in [-0.3, -0.25) is 19.0 Å². The standard InChI is InChI=1S/C34H43FN8O3/c1-20(37-33(45)34(10-11-34)12-13-35)25-8-7-22-16-27(42(30(22)38-25)18-21-5-6-21)31-39-26-15-23(17-28(46-4)29(26)41(31)3)32(44)43-19-24(36)9-14-40(43)2/h7-8,15-17,20-21,24H,5-6,9-14,18-19,36H2,1-4H3,(H,37,45)/t20-,24-/m1/s1. The number of carbonyl (C=O) groups excluding carboxylic acids is 2. The highest BCUT2D eigenvalue weighted by Crippen LogP contribution is 2.49. The Labute approximate surface area is 267 Å². The third kappa shape index (κ3) is 5.41. The number of aryl methyl sites for hydroxylation is 1. The second kappa shape index (κ2) is 11.6. The zero-order chi connectivity index (χ0) is 32.3. The number of nitrogens with one attached hydrogen (secondary N) is 1. The molecule has 46 heavy (non-hydrogen) atoms. The van der Waals surface area contributed by atoms with Crippen LogP contribution in [0, 0.1) is 11.3 Å². The van der Waals surface area contributed by atoms with Crippen molar-refractivity contribution >= 4 is 33.9 Å². The highest BCUT2D eigenvalue weighted by Gasteiger charge is 2.49. The van der Waals surface area contributed by atoms with Gasteiger partial charge in [-0.15, -0.1) is 0 Å². The molecule has 1 aromatic carbocycles. The second-order valence-corrected chi connectivity index (χ2v) is 13.5. The van der Waals surface area contributed by atoms with Crippen LogP contribution in [-0.2, 0) is 18.4 Å². The van der Waals surface area contributed by atoms with E-state index in [9.17, 15) is 14.0 Å². The van der Waals surface area contributed by atoms with Gasteiger partial charge in [-0.2, -0.15) is 0 Å². The van der Waals surface area contributed by atoms with Crippen LogP contribution in [0.4, 0.5) is 4.39 Å². The average Bonchev–Trinajstić information content (AvgIpc) is 3.97. The molecule has 7 rings (SSSR count). The molecular weight excluding hydrogens is 587 g/mol. The predicted molar refractivity (Wildman–Crippen MR) is 174 cm³/mol. The number of nitrogens with zero attached hydrogens (tertiary/aromatic N) is 6. The SMILES string of the molecule is COc1cc(C(=O)N2C[C@H](N)CCN2C)cc2nc(-c3cc4ccc([C@@H](C)NC(=O)C5(CCF)CC5)nc4n3CC3CC3)n(C)c12. The van der Waals surface area contributed by atoms with E-state index in [-0.39, 0.29) is 30.3 Å². The molecule has 3 aromatic heterocycles. The minimum absolute atomic E-state index is 0.0646. The van der Waals surface area contributed by atoms with Crippen LogP contribution in [0.15, 0.2) is 30.3 Å². The van der Waals surface area contributed by atoms with E-state index in [0.29, 0.717) is 35.8 Å². The van der Waals surface area contributed by atoms with Gasteiger partial charge >= 0.3 is 0 Å². The lowest BCUT2D eigenvalue weighted by molar-refractivity contribution is -0.127. The first kappa shape index (κ1) is 30.6. The van der Waals surface area contributed by atoms with Crippen molar-refractivity contribution < 1.29 is 18.7 Å². The first-order valence-corrected chi connectivity index (χ1v) is 16.3. The number of halogens is 1. The van der Waals surface area contributed by atoms with Crippen molar-refractivity contribution in [3.05, 3.63) is 41.6 Å². The van der Waals surface area contributed by atoms with Gasteiger partial charge in [0.2, 0.25) is 5.91 Å². The summed E-state index contributed by atoms with van der Waals surface area (Å²) in [5, 5.41) is 7.69. The number of hydrogen-bond donors (Lipinski definition) is 2. The number of nitrogens with two attached hydrogens (primary N) is 1. The van der Waals surface area contributed by atoms with Gasteiger partial charge in [0.15, 0.2) is 5.82 Å². The molecule has 2 atom stereocenters. The number of hydrogen-bond acceptors (Lipinski definition) is 7. The van der Waals surface area contributed by atoms with E-state index in [1.807, 2.05) is 48.8 Å². The van der Waals surface area contributed by atoms with E-state index in [1.165, 1.54) is 12.8 Å². The molecule has 0 radical (unpaired) electrons. The third-order valence-electron chi connectivity index (χ3n) is 10.1. The molecule has 2 amide bonds. The summed E-state index contributed by atoms with van der Waals surface area (Å²) in [6.45, 7) is 3.42. The lowest BCUT2D eigenvalue weighted by Gasteiger charge is -2.38. The average molecular weight is 631 g/mol. The summed E-state index contributed by atoms with van der Waals surface area (Å²) in [6.07, 6.45) is 4.91. The fraction of sp³-hybridized carbons (Fsp3) is 0.529. The topological polar surface area (TPSA) is 124 Å². The van der Waals surface area contributed by atoms with E-state index in [4.69, 9.17) is 20.4 Å². The Hall–Kier alpha value is -4.03. The molecule has 2 saturated carbocycles. The fourth-order valence-electron chi connectivity index (χ4n) is 6.79. The van der Waals surface area contributed by atoms with Crippen LogP contribution in [0.5, 0.6) is 5.75 Å². The molecule has 1 saturated heterocycles. The molecule has 244 valence electrons. The summed E-state index contributed by atoms with van der Waals surface area (Å²) >= 11 is 0. The second-order valence-electron chi connectivity index (χ2n) is 13.5. The molecule has 1 aliphatic heterocycles. The number of rotatable bonds is 10. The number of ether oxygens (including phenoxy) is 1. The summed E-state index contributed by atoms with van der Waals surface area (Å²) < 4.78 is 23.2. The molecule has 3 fully saturated rings. The fourth-order valence-corrected chi connectivity index (χ4v) is 6.79. The monoisotopic (exact) mass is 630 g/mol. The quantitative estimate of drug-likeness (QED) is 0.267. The minimum atomic E-state index is -0.561. The lowest BCUT2D eigenvalue weighted by atomic mass is 10.0. The van der Waals surface area contributed by atoms with Gasteiger partial charge in [0.05, 0.1) is 48.7 Å². The molecule has 4 heterocycles. The summed E-state index contributed by atoms with van der Waals surface area (Å²) in [5.41, 5.74) is 10.1. The number of aromatic nitrogens is 4. The Morgan fingerprint density at radius 2 is 1.93 bits per heavy atom. The van der Waals surface area contributed by atoms with Crippen molar-refractivity contribution in [2.24, 2.45) is 24.1 Å². The van der Waals surface area contributed by atoms with Gasteiger partial charge < -0.3 is 24.9 Å². The molecule has 0 bridgehead atoms. The van der Waals surface area contributed by atoms with E-state index in [1.54, 1.807) is 18.2 Å². The number of carbonyl (C=O) groups is 2. The van der Waals surface area contributed by atoms with Gasteiger partial charge in [-0.25, -0.2) is 15.0 Å². The van der Waals surface area contributed by atoms with Crippen LogP contribution in [0.1, 0.15) is 67.5 Å². The molecule has 4 aromatic rings. The normalized spacial score (nSPS) is 20.3. The molecule has 2 aliphatic carbocycles. The minimum Gasteiger partial charge on any atom is -0.494 e. The number of amides is 2. The molecule has 3 N–H and O–H groups in total. The van der Waals surface area contributed by atoms with Crippen molar-refractivity contribution in [2.75, 3.05) is 33.9 Å². The smallest absolute Gasteiger partial charge is 0.268 e. The molecule has 3 aliphatic rings. The Bertz CT molecular complexity index is 1820. The Morgan fingerprint density at radius 3 is 2.63 bits per heavy atom. The van der Waals surface area contributed by atoms with E-state index in [0.717, 1.165) is 59.6 Å². The molecule has 11 nitrogen and oxygen atoms in total. The van der Waals surface area contributed by atoms with Gasteiger partial charge in [-0.05, 0) is 81.7 Å². The largest absolute Gasteiger partial charge is 0.494 e. The first-order valence-electron chi connectivity index (χ1n) is 16.3. The predicted octanol–water partition coefficient (Wildman–Crippen LogP) is 4.35. The molecule has 0 unspecified atom stereocenters. The van der Waals surface area contributed by atoms with Crippen molar-refractivity contribution in [1.82, 2.24) is 34.4 Å². The van der Waals surface area contributed by atoms with Crippen LogP contribution in [0.25, 0.3) is 33.6 Å². The van der Waals surface area contributed by atoms with Gasteiger partial charge in [-0.1, -0.05) is 0 Å². The number of pyridine rings is 1. The van der Waals surface area contributed by atoms with Crippen LogP contribution in [0.3, 0.4) is 0 Å². The van der Waals surface area contributed by atoms with E-state index < -0.39 is 12.1 Å². The Morgan fingerprint density at radius 1 is 1.15 bits per heavy atom. The number of alkyl halides is 1. The number of methoxy groups -OCH3 is 1. The van der Waals surface area contributed by atoms with Crippen LogP contribution < -0.4 is 15.8 Å². The van der Waals surface area contributed by atoms with Crippen molar-refractivity contribution in [3.8, 4) is 17.3 Å². The molecule has 12 heteroatoms. The van der Waals surface area contributed by atoms with Gasteiger partial charge in [0, 0.05) is 44.2 Å². The Kier molecular flexibility index (Phi) is 7.75. The van der Waals surface area contributed by atoms with E-state index in [2.05, 4.69) is 16.0 Å². The number of imidazole rings is 1. The van der Waals surface area contributed by atoms with Crippen LogP contribution in [-0.4, -0.2) is 80.9 Å². The van der Waals surface area contributed by atoms with Crippen LogP contribution >= 0.6 is 0 Å². The lowest BCUT2D eigenvalue weighted by Crippen LogP contribution is -2.55. The summed E-state index contributed by atoms with van der Waals surface area (Å²) in [7, 11) is 5.48. The Balaban J connectivity index is 1.26. The third-order valence-corrected chi connectivity index (χ3v) is 10.1. The summed E-state index contributed by atoms with van der Waals surface area (Å²) in [6, 6.07) is 9.35. The molecule has 0 spiro atoms. The number of benzene rings is 1. The number of hydrazine groups is 1. The summed E-state index contributed by atoms with van der Waals surface area (Å²) in [4.78, 5) is 36.8. The molecular formula is C34H43FN8O3. The van der Waals surface area contributed by atoms with Crippen molar-refractivity contribution in [3.63, 3.8) is 0 Å². The zero-order valence-electron chi connectivity index (χ0n) is 27.1. The zero-order valence-corrected chi connectivity index (χ0v) is 27.1. The number of fused-ring (bicyclic) bond motifs is 2. The van der Waals surface area contributed by atoms with Crippen molar-refractivity contribution in [1.29, 1.82) is 0 Å². The van der Waals surface area contributed by atoms with Crippen LogP contribution in [0.2, 0.25) is 0 Å². The van der Waals surface area contributed by atoms with Gasteiger partial charge in [0.25, 0.3) is 5.91 Å².